The number of carbonyl (C=O) groups is 2. The van der Waals surface area contributed by atoms with Gasteiger partial charge in [-0.2, -0.15) is 0 Å². The molecule has 1 heterocycles. The van der Waals surface area contributed by atoms with E-state index in [1.165, 1.54) is 12.2 Å². The van der Waals surface area contributed by atoms with Gasteiger partial charge in [-0.3, -0.25) is 0 Å². The standard InChI is InChI=1S/C20H32O8/c1-13(21)11-17-7-3-15(23)6-10-20(26)28-18(12-14(2)22)8-4-16(24)5-9-19(25)27-17/h5-6,9-10,13-18,21-24H,3-4,7-8,11-12H2,1-2H3/b9-5+,10-6+/t13-,14-,15+,16+,17-,18-/m0/s1. The minimum Gasteiger partial charge on any atom is -0.459 e. The van der Waals surface area contributed by atoms with E-state index in [9.17, 15) is 30.0 Å². The molecule has 0 fully saturated rings. The summed E-state index contributed by atoms with van der Waals surface area (Å²) in [7, 11) is 0. The molecule has 4 N–H and O–H groups in total. The van der Waals surface area contributed by atoms with Crippen molar-refractivity contribution in [2.75, 3.05) is 0 Å². The van der Waals surface area contributed by atoms with Gasteiger partial charge < -0.3 is 29.9 Å². The van der Waals surface area contributed by atoms with Crippen LogP contribution in [-0.4, -0.2) is 69.0 Å². The molecule has 0 bridgehead atoms. The zero-order chi connectivity index (χ0) is 21.1. The molecule has 0 aromatic heterocycles. The monoisotopic (exact) mass is 400 g/mol. The van der Waals surface area contributed by atoms with Gasteiger partial charge in [0.2, 0.25) is 0 Å². The molecule has 1 aliphatic heterocycles. The number of cyclic esters (lactones) is 2. The highest BCUT2D eigenvalue weighted by Gasteiger charge is 2.20. The van der Waals surface area contributed by atoms with Gasteiger partial charge in [0.1, 0.15) is 12.2 Å². The quantitative estimate of drug-likeness (QED) is 0.508. The maximum Gasteiger partial charge on any atom is 0.330 e. The number of aliphatic hydroxyl groups is 4. The van der Waals surface area contributed by atoms with E-state index >= 15 is 0 Å². The van der Waals surface area contributed by atoms with E-state index in [2.05, 4.69) is 0 Å². The first-order chi connectivity index (χ1) is 13.2. The third kappa shape index (κ3) is 11.2. The highest BCUT2D eigenvalue weighted by molar-refractivity contribution is 5.82. The van der Waals surface area contributed by atoms with Gasteiger partial charge in [-0.1, -0.05) is 0 Å². The summed E-state index contributed by atoms with van der Waals surface area (Å²) in [5.41, 5.74) is 0. The van der Waals surface area contributed by atoms with Crippen LogP contribution < -0.4 is 0 Å². The molecule has 0 saturated heterocycles. The predicted octanol–water partition coefficient (Wildman–Crippen LogP) is 0.760. The van der Waals surface area contributed by atoms with E-state index in [1.807, 2.05) is 0 Å². The van der Waals surface area contributed by atoms with Crippen molar-refractivity contribution in [2.45, 2.75) is 89.0 Å². The molecule has 0 unspecified atom stereocenters. The lowest BCUT2D eigenvalue weighted by Gasteiger charge is -2.21. The topological polar surface area (TPSA) is 134 Å². The van der Waals surface area contributed by atoms with E-state index in [-0.39, 0.29) is 38.5 Å². The number of rotatable bonds is 4. The number of ether oxygens (including phenoxy) is 2. The number of esters is 2. The van der Waals surface area contributed by atoms with Gasteiger partial charge in [-0.05, 0) is 51.7 Å². The number of carbonyl (C=O) groups excluding carboxylic acids is 2. The van der Waals surface area contributed by atoms with Crippen LogP contribution in [0.5, 0.6) is 0 Å². The Kier molecular flexibility index (Phi) is 11.0. The van der Waals surface area contributed by atoms with Crippen LogP contribution in [0.15, 0.2) is 24.3 Å². The molecule has 8 heteroatoms. The van der Waals surface area contributed by atoms with E-state index in [0.717, 1.165) is 12.2 Å². The fourth-order valence-electron chi connectivity index (χ4n) is 2.90. The second-order valence-electron chi connectivity index (χ2n) is 7.29. The second kappa shape index (κ2) is 12.7. The summed E-state index contributed by atoms with van der Waals surface area (Å²) in [6.07, 6.45) is 1.81. The first-order valence-corrected chi connectivity index (χ1v) is 9.65. The molecular formula is C20H32O8. The molecule has 0 spiro atoms. The molecule has 1 rings (SSSR count). The molecule has 0 aromatic rings. The second-order valence-corrected chi connectivity index (χ2v) is 7.29. The first-order valence-electron chi connectivity index (χ1n) is 9.65. The highest BCUT2D eigenvalue weighted by Crippen LogP contribution is 2.16. The fraction of sp³-hybridized carbons (Fsp3) is 0.700. The molecule has 8 nitrogen and oxygen atoms in total. The van der Waals surface area contributed by atoms with Gasteiger partial charge in [0.05, 0.1) is 24.4 Å². The van der Waals surface area contributed by atoms with E-state index in [4.69, 9.17) is 9.47 Å². The van der Waals surface area contributed by atoms with Crippen LogP contribution in [0.1, 0.15) is 52.4 Å². The maximum absolute atomic E-state index is 12.0. The summed E-state index contributed by atoms with van der Waals surface area (Å²) >= 11 is 0. The van der Waals surface area contributed by atoms with Gasteiger partial charge in [0.15, 0.2) is 0 Å². The Morgan fingerprint density at radius 3 is 1.50 bits per heavy atom. The minimum atomic E-state index is -0.941. The largest absolute Gasteiger partial charge is 0.459 e. The molecule has 0 aromatic carbocycles. The lowest BCUT2D eigenvalue weighted by Crippen LogP contribution is -2.25. The summed E-state index contributed by atoms with van der Waals surface area (Å²) in [6, 6.07) is 0. The number of hydrogen-bond acceptors (Lipinski definition) is 8. The van der Waals surface area contributed by atoms with E-state index in [1.54, 1.807) is 13.8 Å². The zero-order valence-electron chi connectivity index (χ0n) is 16.4. The Morgan fingerprint density at radius 2 is 1.18 bits per heavy atom. The van der Waals surface area contributed by atoms with E-state index in [0.29, 0.717) is 0 Å². The van der Waals surface area contributed by atoms with Crippen LogP contribution in [0.25, 0.3) is 0 Å². The molecule has 6 atom stereocenters. The normalized spacial score (nSPS) is 32.6. The third-order valence-corrected chi connectivity index (χ3v) is 4.25. The van der Waals surface area contributed by atoms with Crippen LogP contribution in [0.3, 0.4) is 0 Å². The molecule has 0 saturated carbocycles. The van der Waals surface area contributed by atoms with Gasteiger partial charge in [0.25, 0.3) is 0 Å². The Bertz CT molecular complexity index is 492. The number of aliphatic hydroxyl groups excluding tert-OH is 4. The van der Waals surface area contributed by atoms with Crippen molar-refractivity contribution in [1.29, 1.82) is 0 Å². The maximum atomic E-state index is 12.0. The highest BCUT2D eigenvalue weighted by atomic mass is 16.5. The Hall–Kier alpha value is -1.74. The molecular weight excluding hydrogens is 368 g/mol. The summed E-state index contributed by atoms with van der Waals surface area (Å²) in [4.78, 5) is 23.9. The smallest absolute Gasteiger partial charge is 0.330 e. The Morgan fingerprint density at radius 1 is 0.821 bits per heavy atom. The SMILES string of the molecule is C[C@H](O)C[C@@H]1CC[C@@H](O)/C=C/C(=O)O[C@H](C[C@H](C)O)CC[C@@H](O)/C=C/C(=O)O1. The van der Waals surface area contributed by atoms with Crippen molar-refractivity contribution >= 4 is 11.9 Å². The lowest BCUT2D eigenvalue weighted by atomic mass is 10.0. The zero-order valence-corrected chi connectivity index (χ0v) is 16.4. The van der Waals surface area contributed by atoms with E-state index < -0.39 is 48.6 Å². The summed E-state index contributed by atoms with van der Waals surface area (Å²) in [6.45, 7) is 3.14. The predicted molar refractivity (Wildman–Crippen MR) is 101 cm³/mol. The average Bonchev–Trinajstić information content (AvgIpc) is 2.59. The summed E-state index contributed by atoms with van der Waals surface area (Å²) in [5.74, 6) is -1.29. The summed E-state index contributed by atoms with van der Waals surface area (Å²) < 4.78 is 10.6. The van der Waals surface area contributed by atoms with Gasteiger partial charge in [0, 0.05) is 25.0 Å². The van der Waals surface area contributed by atoms with Crippen molar-refractivity contribution in [3.63, 3.8) is 0 Å². The lowest BCUT2D eigenvalue weighted by molar-refractivity contribution is -0.145. The third-order valence-electron chi connectivity index (χ3n) is 4.25. The average molecular weight is 400 g/mol. The molecule has 28 heavy (non-hydrogen) atoms. The van der Waals surface area contributed by atoms with Gasteiger partial charge >= 0.3 is 11.9 Å². The van der Waals surface area contributed by atoms with Crippen LogP contribution in [0, 0.1) is 0 Å². The molecule has 0 amide bonds. The van der Waals surface area contributed by atoms with Crippen molar-refractivity contribution in [1.82, 2.24) is 0 Å². The Labute approximate surface area is 165 Å². The fourth-order valence-corrected chi connectivity index (χ4v) is 2.90. The number of hydrogen-bond donors (Lipinski definition) is 4. The van der Waals surface area contributed by atoms with Crippen LogP contribution in [-0.2, 0) is 19.1 Å². The van der Waals surface area contributed by atoms with Gasteiger partial charge in [-0.15, -0.1) is 0 Å². The van der Waals surface area contributed by atoms with Crippen molar-refractivity contribution in [2.24, 2.45) is 0 Å². The van der Waals surface area contributed by atoms with Crippen LogP contribution in [0.2, 0.25) is 0 Å². The van der Waals surface area contributed by atoms with Crippen molar-refractivity contribution in [3.05, 3.63) is 24.3 Å². The molecule has 1 aliphatic rings. The van der Waals surface area contributed by atoms with Crippen molar-refractivity contribution < 1.29 is 39.5 Å². The van der Waals surface area contributed by atoms with Crippen molar-refractivity contribution in [3.8, 4) is 0 Å². The molecule has 160 valence electrons. The molecule has 0 aliphatic carbocycles. The Balaban J connectivity index is 2.89. The molecule has 0 radical (unpaired) electrons. The minimum absolute atomic E-state index is 0.210. The first kappa shape index (κ1) is 24.3. The van der Waals surface area contributed by atoms with Crippen LogP contribution >= 0.6 is 0 Å². The summed E-state index contributed by atoms with van der Waals surface area (Å²) in [5, 5.41) is 39.1. The van der Waals surface area contributed by atoms with Gasteiger partial charge in [-0.25, -0.2) is 9.59 Å². The van der Waals surface area contributed by atoms with Crippen LogP contribution in [0.4, 0.5) is 0 Å².